The summed E-state index contributed by atoms with van der Waals surface area (Å²) in [7, 11) is 0. The zero-order valence-electron chi connectivity index (χ0n) is 35.7. The number of halogens is 1. The zero-order valence-corrected chi connectivity index (χ0v) is 35.7. The van der Waals surface area contributed by atoms with Crippen LogP contribution in [0.4, 0.5) is 4.39 Å². The number of aliphatic hydroxyl groups is 1. The third-order valence-corrected chi connectivity index (χ3v) is 16.0. The highest BCUT2D eigenvalue weighted by Crippen LogP contribution is 2.76. The average molecular weight is 792 g/mol. The molecular formula is C45H66FN5O6. The highest BCUT2D eigenvalue weighted by molar-refractivity contribution is 6.00. The van der Waals surface area contributed by atoms with Gasteiger partial charge in [0.2, 0.25) is 0 Å². The number of aliphatic carboxylic acids is 1. The Balaban J connectivity index is 1.33. The number of carbonyl (C=O) groups is 3. The summed E-state index contributed by atoms with van der Waals surface area (Å²) >= 11 is 0. The van der Waals surface area contributed by atoms with Crippen LogP contribution >= 0.6 is 0 Å². The van der Waals surface area contributed by atoms with Crippen molar-refractivity contribution >= 4 is 17.7 Å². The van der Waals surface area contributed by atoms with E-state index in [2.05, 4.69) is 56.7 Å². The van der Waals surface area contributed by atoms with E-state index in [4.69, 9.17) is 10.5 Å². The largest absolute Gasteiger partial charge is 0.481 e. The van der Waals surface area contributed by atoms with Crippen LogP contribution < -0.4 is 5.73 Å². The smallest absolute Gasteiger partial charge is 0.309 e. The first-order valence-electron chi connectivity index (χ1n) is 21.3. The summed E-state index contributed by atoms with van der Waals surface area (Å²) in [5.41, 5.74) is 6.25. The Morgan fingerprint density at radius 1 is 1.09 bits per heavy atom. The van der Waals surface area contributed by atoms with E-state index in [-0.39, 0.29) is 59.4 Å². The molecule has 314 valence electrons. The van der Waals surface area contributed by atoms with Crippen LogP contribution in [0.5, 0.6) is 0 Å². The molecule has 4 N–H and O–H groups in total. The summed E-state index contributed by atoms with van der Waals surface area (Å²) < 4.78 is 21.6. The molecular weight excluding hydrogens is 726 g/mol. The van der Waals surface area contributed by atoms with E-state index in [0.717, 1.165) is 55.9 Å². The molecule has 3 fully saturated rings. The number of hydrogen-bond donors (Lipinski definition) is 3. The van der Waals surface area contributed by atoms with Gasteiger partial charge in [-0.05, 0) is 135 Å². The second-order valence-corrected chi connectivity index (χ2v) is 19.7. The summed E-state index contributed by atoms with van der Waals surface area (Å²) in [4.78, 5) is 43.2. The summed E-state index contributed by atoms with van der Waals surface area (Å²) in [5.74, 6) is -0.152. The van der Waals surface area contributed by atoms with E-state index < -0.39 is 34.7 Å². The number of aliphatic hydroxyl groups excluding tert-OH is 1. The number of hydrogen-bond acceptors (Lipinski definition) is 9. The molecule has 4 aliphatic carbocycles. The molecule has 9 atom stereocenters. The Bertz CT molecular complexity index is 1890. The van der Waals surface area contributed by atoms with E-state index in [0.29, 0.717) is 55.0 Å². The molecule has 0 radical (unpaired) electrons. The van der Waals surface area contributed by atoms with Crippen molar-refractivity contribution in [2.24, 2.45) is 56.5 Å². The van der Waals surface area contributed by atoms with Crippen LogP contribution in [-0.2, 0) is 25.7 Å². The first-order chi connectivity index (χ1) is 26.7. The maximum Gasteiger partial charge on any atom is 0.309 e. The summed E-state index contributed by atoms with van der Waals surface area (Å²) in [6, 6.07) is 2.87. The van der Waals surface area contributed by atoms with Crippen LogP contribution in [0, 0.1) is 56.6 Å². The minimum Gasteiger partial charge on any atom is -0.481 e. The number of nitrogens with two attached hydrogens (primary N) is 1. The van der Waals surface area contributed by atoms with E-state index in [1.165, 1.54) is 6.07 Å². The Labute approximate surface area is 337 Å². The van der Waals surface area contributed by atoms with Crippen LogP contribution in [0.3, 0.4) is 0 Å². The first-order valence-corrected chi connectivity index (χ1v) is 21.3. The lowest BCUT2D eigenvalue weighted by molar-refractivity contribution is -0.192. The summed E-state index contributed by atoms with van der Waals surface area (Å²) in [5, 5.41) is 31.3. The molecule has 0 aromatic carbocycles. The number of fused-ring (bicyclic) bond motifs is 5. The number of rotatable bonds is 14. The molecule has 12 heteroatoms. The average Bonchev–Trinajstić information content (AvgIpc) is 3.70. The van der Waals surface area contributed by atoms with Crippen molar-refractivity contribution in [2.75, 3.05) is 6.54 Å². The molecule has 0 spiro atoms. The topological polar surface area (TPSA) is 171 Å². The van der Waals surface area contributed by atoms with Gasteiger partial charge in [0.25, 0.3) is 0 Å². The Kier molecular flexibility index (Phi) is 11.8. The Morgan fingerprint density at radius 2 is 1.81 bits per heavy atom. The molecule has 0 bridgehead atoms. The standard InChI is InChI=1S/C45H66FN5O6/c1-10-29(57-34(53)24-41(5,6)40(55)56)16-17-42(7)27(4)15-18-44(9)33(42)14-12-30-36-35(26(2)3)32(52)23-45(36,20-19-43(30,44)8)37(54)39-50-49-38(51(39)22-21-47)31-13-11-28(46)25-48-31/h11,13,25-27,29-30,33,37,54H,10,12,14-24,47H2,1-9H3,(H,55,56)/t27-,29-,30-,33-,37?,42+,43-,44-,45-/m1/s1. The number of ketones is 1. The van der Waals surface area contributed by atoms with Crippen molar-refractivity contribution in [2.45, 2.75) is 152 Å². The molecule has 11 nitrogen and oxygen atoms in total. The molecule has 2 aromatic rings. The van der Waals surface area contributed by atoms with Gasteiger partial charge in [-0.3, -0.25) is 14.4 Å². The van der Waals surface area contributed by atoms with Crippen molar-refractivity contribution in [3.63, 3.8) is 0 Å². The molecule has 1 unspecified atom stereocenters. The number of ether oxygens (including phenoxy) is 1. The van der Waals surface area contributed by atoms with Gasteiger partial charge >= 0.3 is 11.9 Å². The fraction of sp³-hybridized carbons (Fsp3) is 0.733. The predicted octanol–water partition coefficient (Wildman–Crippen LogP) is 8.25. The molecule has 6 rings (SSSR count). The lowest BCUT2D eigenvalue weighted by Crippen LogP contribution is -2.62. The van der Waals surface area contributed by atoms with Gasteiger partial charge in [0.15, 0.2) is 17.4 Å². The maximum absolute atomic E-state index is 14.3. The second kappa shape index (κ2) is 15.6. The van der Waals surface area contributed by atoms with E-state index >= 15 is 0 Å². The van der Waals surface area contributed by atoms with Crippen LogP contribution in [0.2, 0.25) is 0 Å². The lowest BCUT2D eigenvalue weighted by Gasteiger charge is -2.69. The molecule has 0 saturated heterocycles. The molecule has 57 heavy (non-hydrogen) atoms. The fourth-order valence-corrected chi connectivity index (χ4v) is 12.3. The number of esters is 1. The van der Waals surface area contributed by atoms with Crippen molar-refractivity contribution in [3.05, 3.63) is 41.1 Å². The highest BCUT2D eigenvalue weighted by Gasteiger charge is 2.69. The van der Waals surface area contributed by atoms with Crippen molar-refractivity contribution in [3.8, 4) is 11.5 Å². The first kappa shape index (κ1) is 43.1. The van der Waals surface area contributed by atoms with Gasteiger partial charge in [0.1, 0.15) is 23.7 Å². The summed E-state index contributed by atoms with van der Waals surface area (Å²) in [6.45, 7) is 19.7. The van der Waals surface area contributed by atoms with Crippen LogP contribution in [-0.4, -0.2) is 60.3 Å². The van der Waals surface area contributed by atoms with Crippen LogP contribution in [0.25, 0.3) is 11.5 Å². The number of carboxylic acid groups (broad SMARTS) is 1. The van der Waals surface area contributed by atoms with Gasteiger partial charge in [-0.25, -0.2) is 9.37 Å². The number of aromatic nitrogens is 4. The number of carbonyl (C=O) groups excluding carboxylic acids is 2. The van der Waals surface area contributed by atoms with Gasteiger partial charge in [-0.15, -0.1) is 10.2 Å². The van der Waals surface area contributed by atoms with Gasteiger partial charge in [-0.1, -0.05) is 48.5 Å². The molecule has 0 amide bonds. The van der Waals surface area contributed by atoms with Crippen LogP contribution in [0.15, 0.2) is 29.5 Å². The fourth-order valence-electron chi connectivity index (χ4n) is 12.3. The van der Waals surface area contributed by atoms with E-state index in [1.807, 2.05) is 6.92 Å². The second-order valence-electron chi connectivity index (χ2n) is 19.7. The summed E-state index contributed by atoms with van der Waals surface area (Å²) in [6.07, 6.45) is 7.58. The van der Waals surface area contributed by atoms with Crippen molar-refractivity contribution in [1.82, 2.24) is 19.7 Å². The van der Waals surface area contributed by atoms with E-state index in [1.54, 1.807) is 24.5 Å². The number of carboxylic acids is 1. The normalized spacial score (nSPS) is 32.4. The van der Waals surface area contributed by atoms with Gasteiger partial charge in [-0.2, -0.15) is 0 Å². The van der Waals surface area contributed by atoms with E-state index in [9.17, 15) is 29.0 Å². The number of Topliss-reactive ketones (excluding diaryl/α,β-unsaturated/α-hetero) is 1. The minimum absolute atomic E-state index is 0.0123. The van der Waals surface area contributed by atoms with Gasteiger partial charge in [0, 0.05) is 24.9 Å². The van der Waals surface area contributed by atoms with Crippen LogP contribution in [0.1, 0.15) is 145 Å². The number of allylic oxidation sites excluding steroid dienone is 1. The van der Waals surface area contributed by atoms with Gasteiger partial charge < -0.3 is 25.3 Å². The number of pyridine rings is 1. The Morgan fingerprint density at radius 3 is 2.42 bits per heavy atom. The maximum atomic E-state index is 14.3. The molecule has 2 aromatic heterocycles. The lowest BCUT2D eigenvalue weighted by atomic mass is 9.35. The van der Waals surface area contributed by atoms with Crippen molar-refractivity contribution in [1.29, 1.82) is 0 Å². The molecule has 2 heterocycles. The van der Waals surface area contributed by atoms with Crippen molar-refractivity contribution < 1.29 is 33.7 Å². The molecule has 4 aliphatic rings. The predicted molar refractivity (Wildman–Crippen MR) is 215 cm³/mol. The monoisotopic (exact) mass is 791 g/mol. The minimum atomic E-state index is -1.19. The molecule has 3 saturated carbocycles. The molecule has 0 aliphatic heterocycles. The number of nitrogens with zero attached hydrogens (tertiary/aromatic N) is 4. The van der Waals surface area contributed by atoms with Gasteiger partial charge in [0.05, 0.1) is 18.0 Å². The third-order valence-electron chi connectivity index (χ3n) is 16.0. The zero-order chi connectivity index (χ0) is 41.9. The Hall–Kier alpha value is -3.51. The third kappa shape index (κ3) is 7.08. The highest BCUT2D eigenvalue weighted by atomic mass is 19.1. The SMILES string of the molecule is CC[C@H](CC[C@@]1(C)[C@H](C)CC[C@]2(C)[C@@H]1CC[C@@H]1C3=C(C(C)C)C(=O)C[C@]3(C(O)c3nnc(-c4ccc(F)cn4)n3CCN)CC[C@]12C)OC(=O)CC(C)(C)C(=O)O. The quantitative estimate of drug-likeness (QED) is 0.158.